The highest BCUT2D eigenvalue weighted by atomic mass is 35.5. The Hall–Kier alpha value is -1.78. The number of benzene rings is 1. The van der Waals surface area contributed by atoms with E-state index in [-0.39, 0.29) is 5.91 Å². The van der Waals surface area contributed by atoms with Gasteiger partial charge in [0.1, 0.15) is 0 Å². The molecule has 2 N–H and O–H groups in total. The maximum Gasteiger partial charge on any atom is 0.257 e. The Labute approximate surface area is 146 Å². The van der Waals surface area contributed by atoms with Crippen LogP contribution >= 0.6 is 23.2 Å². The maximum atomic E-state index is 12.3. The Kier molecular flexibility index (Phi) is 6.25. The monoisotopic (exact) mass is 351 g/mol. The van der Waals surface area contributed by atoms with Gasteiger partial charge in [-0.2, -0.15) is 0 Å². The van der Waals surface area contributed by atoms with E-state index < -0.39 is 0 Å². The number of rotatable bonds is 6. The second-order valence-electron chi connectivity index (χ2n) is 5.68. The first-order chi connectivity index (χ1) is 10.9. The third-order valence-electron chi connectivity index (χ3n) is 3.17. The molecule has 2 aromatic rings. The molecular weight excluding hydrogens is 333 g/mol. The number of pyridine rings is 1. The van der Waals surface area contributed by atoms with Gasteiger partial charge in [0.2, 0.25) is 0 Å². The minimum absolute atomic E-state index is 0.261. The summed E-state index contributed by atoms with van der Waals surface area (Å²) in [7, 11) is 0. The van der Waals surface area contributed by atoms with Crippen molar-refractivity contribution in [1.82, 2.24) is 4.98 Å². The maximum absolute atomic E-state index is 12.3. The zero-order valence-electron chi connectivity index (χ0n) is 13.1. The highest BCUT2D eigenvalue weighted by Gasteiger charge is 2.09. The number of amides is 1. The molecule has 0 aliphatic heterocycles. The molecule has 0 bridgehead atoms. The van der Waals surface area contributed by atoms with Gasteiger partial charge in [-0.3, -0.25) is 9.78 Å². The smallest absolute Gasteiger partial charge is 0.257 e. The minimum atomic E-state index is -0.261. The van der Waals surface area contributed by atoms with Gasteiger partial charge in [-0.15, -0.1) is 0 Å². The van der Waals surface area contributed by atoms with Gasteiger partial charge >= 0.3 is 0 Å². The number of nitrogens with one attached hydrogen (secondary N) is 2. The van der Waals surface area contributed by atoms with Gasteiger partial charge in [0, 0.05) is 34.7 Å². The van der Waals surface area contributed by atoms with Crippen LogP contribution < -0.4 is 10.6 Å². The van der Waals surface area contributed by atoms with Crippen molar-refractivity contribution in [1.29, 1.82) is 0 Å². The molecule has 0 saturated heterocycles. The predicted octanol–water partition coefficient (Wildman–Crippen LogP) is 5.10. The fraction of sp³-hybridized carbons (Fsp3) is 0.294. The summed E-state index contributed by atoms with van der Waals surface area (Å²) in [4.78, 5) is 16.4. The highest BCUT2D eigenvalue weighted by Crippen LogP contribution is 2.23. The molecule has 0 saturated carbocycles. The molecule has 0 atom stereocenters. The molecule has 1 amide bonds. The Balaban J connectivity index is 2.04. The first kappa shape index (κ1) is 17.6. The van der Waals surface area contributed by atoms with Crippen LogP contribution in [-0.2, 0) is 0 Å². The molecule has 1 aromatic heterocycles. The second-order valence-corrected chi connectivity index (χ2v) is 6.56. The van der Waals surface area contributed by atoms with Crippen molar-refractivity contribution in [2.24, 2.45) is 5.92 Å². The number of carbonyl (C=O) groups excluding carboxylic acids is 1. The molecule has 0 unspecified atom stereocenters. The summed E-state index contributed by atoms with van der Waals surface area (Å²) < 4.78 is 0. The van der Waals surface area contributed by atoms with E-state index in [9.17, 15) is 4.79 Å². The van der Waals surface area contributed by atoms with E-state index >= 15 is 0 Å². The van der Waals surface area contributed by atoms with Crippen LogP contribution in [0.3, 0.4) is 0 Å². The molecule has 6 heteroatoms. The number of halogens is 2. The fourth-order valence-corrected chi connectivity index (χ4v) is 2.52. The Morgan fingerprint density at radius 1 is 1.09 bits per heavy atom. The molecule has 1 aromatic carbocycles. The molecule has 2 rings (SSSR count). The van der Waals surface area contributed by atoms with Crippen LogP contribution in [0.4, 0.5) is 11.4 Å². The number of hydrogen-bond donors (Lipinski definition) is 2. The number of carbonyl (C=O) groups is 1. The van der Waals surface area contributed by atoms with Crippen LogP contribution in [0.1, 0.15) is 30.6 Å². The van der Waals surface area contributed by atoms with Crippen LogP contribution in [0.5, 0.6) is 0 Å². The number of hydrogen-bond acceptors (Lipinski definition) is 3. The molecule has 0 radical (unpaired) electrons. The summed E-state index contributed by atoms with van der Waals surface area (Å²) >= 11 is 11.9. The van der Waals surface area contributed by atoms with Gasteiger partial charge < -0.3 is 10.6 Å². The lowest BCUT2D eigenvalue weighted by Crippen LogP contribution is -2.13. The van der Waals surface area contributed by atoms with Gasteiger partial charge in [-0.1, -0.05) is 37.0 Å². The van der Waals surface area contributed by atoms with E-state index in [0.29, 0.717) is 27.2 Å². The van der Waals surface area contributed by atoms with Crippen LogP contribution in [0.15, 0.2) is 36.7 Å². The van der Waals surface area contributed by atoms with Gasteiger partial charge in [0.15, 0.2) is 0 Å². The minimum Gasteiger partial charge on any atom is -0.384 e. The van der Waals surface area contributed by atoms with Gasteiger partial charge in [0.25, 0.3) is 5.91 Å². The molecule has 0 spiro atoms. The van der Waals surface area contributed by atoms with E-state index in [1.54, 1.807) is 30.5 Å². The Morgan fingerprint density at radius 2 is 1.78 bits per heavy atom. The summed E-state index contributed by atoms with van der Waals surface area (Å²) in [5.41, 5.74) is 1.84. The van der Waals surface area contributed by atoms with Crippen LogP contribution in [-0.4, -0.2) is 17.4 Å². The average molecular weight is 352 g/mol. The molecule has 122 valence electrons. The van der Waals surface area contributed by atoms with E-state index in [0.717, 1.165) is 18.7 Å². The van der Waals surface area contributed by atoms with Gasteiger partial charge in [-0.05, 0) is 36.6 Å². The quantitative estimate of drug-likeness (QED) is 0.761. The SMILES string of the molecule is CC(C)CCNc1cncc(C(=O)Nc2cc(Cl)cc(Cl)c2)c1. The standard InChI is InChI=1S/C17H19Cl2N3O/c1-11(2)3-4-21-16-5-12(9-20-10-16)17(23)22-15-7-13(18)6-14(19)8-15/h5-11,21H,3-4H2,1-2H3,(H,22,23). The lowest BCUT2D eigenvalue weighted by molar-refractivity contribution is 0.102. The summed E-state index contributed by atoms with van der Waals surface area (Å²) in [5, 5.41) is 6.97. The van der Waals surface area contributed by atoms with Gasteiger partial charge in [-0.25, -0.2) is 0 Å². The first-order valence-corrected chi connectivity index (χ1v) is 8.16. The summed E-state index contributed by atoms with van der Waals surface area (Å²) in [5.74, 6) is 0.359. The molecule has 23 heavy (non-hydrogen) atoms. The molecule has 0 aliphatic carbocycles. The topological polar surface area (TPSA) is 54.0 Å². The van der Waals surface area contributed by atoms with E-state index in [2.05, 4.69) is 29.5 Å². The van der Waals surface area contributed by atoms with E-state index in [1.165, 1.54) is 6.20 Å². The van der Waals surface area contributed by atoms with Crippen molar-refractivity contribution in [3.63, 3.8) is 0 Å². The van der Waals surface area contributed by atoms with Crippen molar-refractivity contribution in [2.75, 3.05) is 17.2 Å². The largest absolute Gasteiger partial charge is 0.384 e. The zero-order valence-corrected chi connectivity index (χ0v) is 14.6. The zero-order chi connectivity index (χ0) is 16.8. The molecular formula is C17H19Cl2N3O. The van der Waals surface area contributed by atoms with Crippen LogP contribution in [0, 0.1) is 5.92 Å². The number of aromatic nitrogens is 1. The van der Waals surface area contributed by atoms with Crippen molar-refractivity contribution >= 4 is 40.5 Å². The third-order valence-corrected chi connectivity index (χ3v) is 3.61. The first-order valence-electron chi connectivity index (χ1n) is 7.40. The Morgan fingerprint density at radius 3 is 2.43 bits per heavy atom. The molecule has 1 heterocycles. The van der Waals surface area contributed by atoms with E-state index in [1.807, 2.05) is 0 Å². The second kappa shape index (κ2) is 8.18. The lowest BCUT2D eigenvalue weighted by Gasteiger charge is -2.10. The van der Waals surface area contributed by atoms with Crippen LogP contribution in [0.2, 0.25) is 10.0 Å². The summed E-state index contributed by atoms with van der Waals surface area (Å²) in [6, 6.07) is 6.67. The van der Waals surface area contributed by atoms with Crippen molar-refractivity contribution < 1.29 is 4.79 Å². The van der Waals surface area contributed by atoms with Crippen molar-refractivity contribution in [3.05, 3.63) is 52.3 Å². The number of anilines is 2. The molecule has 4 nitrogen and oxygen atoms in total. The average Bonchev–Trinajstić information content (AvgIpc) is 2.46. The van der Waals surface area contributed by atoms with Crippen LogP contribution in [0.25, 0.3) is 0 Å². The van der Waals surface area contributed by atoms with Crippen molar-refractivity contribution in [2.45, 2.75) is 20.3 Å². The predicted molar refractivity (Wildman–Crippen MR) is 96.6 cm³/mol. The third kappa shape index (κ3) is 5.73. The lowest BCUT2D eigenvalue weighted by atomic mass is 10.1. The molecule has 0 aliphatic rings. The van der Waals surface area contributed by atoms with Crippen molar-refractivity contribution in [3.8, 4) is 0 Å². The fourth-order valence-electron chi connectivity index (χ4n) is 2.00. The number of nitrogens with zero attached hydrogens (tertiary/aromatic N) is 1. The Bertz CT molecular complexity index is 669. The summed E-state index contributed by atoms with van der Waals surface area (Å²) in [6.45, 7) is 5.17. The highest BCUT2D eigenvalue weighted by molar-refractivity contribution is 6.35. The summed E-state index contributed by atoms with van der Waals surface area (Å²) in [6.07, 6.45) is 4.28. The molecule has 0 fully saturated rings. The van der Waals surface area contributed by atoms with E-state index in [4.69, 9.17) is 23.2 Å². The normalized spacial score (nSPS) is 10.7. The van der Waals surface area contributed by atoms with Gasteiger partial charge in [0.05, 0.1) is 11.3 Å².